The molecule has 0 atom stereocenters. The Hall–Kier alpha value is -3.52. The molecule has 7 nitrogen and oxygen atoms in total. The molecule has 0 spiro atoms. The van der Waals surface area contributed by atoms with Gasteiger partial charge in [-0.1, -0.05) is 24.3 Å². The first-order valence-corrected chi connectivity index (χ1v) is 11.4. The summed E-state index contributed by atoms with van der Waals surface area (Å²) in [5, 5.41) is 2.69. The minimum absolute atomic E-state index is 0.0523. The van der Waals surface area contributed by atoms with Crippen molar-refractivity contribution >= 4 is 27.3 Å². The smallest absolute Gasteiger partial charge is 0.262 e. The van der Waals surface area contributed by atoms with Crippen LogP contribution < -0.4 is 19.5 Å². The number of amides is 1. The van der Waals surface area contributed by atoms with Crippen molar-refractivity contribution < 1.29 is 22.7 Å². The Morgan fingerprint density at radius 2 is 1.62 bits per heavy atom. The van der Waals surface area contributed by atoms with Crippen LogP contribution in [0.25, 0.3) is 0 Å². The first-order valence-electron chi connectivity index (χ1n) is 9.95. The molecule has 0 aliphatic carbocycles. The SMILES string of the molecule is COc1ccccc1NS(=O)(=O)c1cc(NC(=O)COc2cc(C)cc(C)c2)ccc1C. The van der Waals surface area contributed by atoms with E-state index in [4.69, 9.17) is 9.47 Å². The van der Waals surface area contributed by atoms with Gasteiger partial charge in [-0.2, -0.15) is 0 Å². The van der Waals surface area contributed by atoms with E-state index in [-0.39, 0.29) is 11.5 Å². The van der Waals surface area contributed by atoms with Gasteiger partial charge in [0.2, 0.25) is 0 Å². The molecule has 3 rings (SSSR count). The van der Waals surface area contributed by atoms with Gasteiger partial charge in [-0.05, 0) is 73.9 Å². The highest BCUT2D eigenvalue weighted by molar-refractivity contribution is 7.92. The lowest BCUT2D eigenvalue weighted by Gasteiger charge is -2.14. The lowest BCUT2D eigenvalue weighted by Crippen LogP contribution is -2.21. The fourth-order valence-electron chi connectivity index (χ4n) is 3.26. The van der Waals surface area contributed by atoms with Crippen molar-refractivity contribution in [2.45, 2.75) is 25.7 Å². The van der Waals surface area contributed by atoms with Crippen molar-refractivity contribution in [3.05, 3.63) is 77.4 Å². The first-order chi connectivity index (χ1) is 15.2. The van der Waals surface area contributed by atoms with Gasteiger partial charge in [-0.25, -0.2) is 8.42 Å². The quantitative estimate of drug-likeness (QED) is 0.525. The second-order valence-electron chi connectivity index (χ2n) is 7.45. The highest BCUT2D eigenvalue weighted by Crippen LogP contribution is 2.28. The van der Waals surface area contributed by atoms with Gasteiger partial charge in [0.1, 0.15) is 11.5 Å². The Morgan fingerprint density at radius 1 is 0.938 bits per heavy atom. The molecule has 0 heterocycles. The number of carbonyl (C=O) groups excluding carboxylic acids is 1. The van der Waals surface area contributed by atoms with Crippen LogP contribution in [0.4, 0.5) is 11.4 Å². The Morgan fingerprint density at radius 3 is 2.31 bits per heavy atom. The Kier molecular flexibility index (Phi) is 7.05. The number of methoxy groups -OCH3 is 1. The molecular formula is C24H26N2O5S. The maximum Gasteiger partial charge on any atom is 0.262 e. The molecule has 0 saturated carbocycles. The van der Waals surface area contributed by atoms with Gasteiger partial charge >= 0.3 is 0 Å². The van der Waals surface area contributed by atoms with Crippen LogP contribution in [0.5, 0.6) is 11.5 Å². The van der Waals surface area contributed by atoms with Gasteiger partial charge in [-0.3, -0.25) is 9.52 Å². The van der Waals surface area contributed by atoms with Gasteiger partial charge in [0.25, 0.3) is 15.9 Å². The zero-order valence-corrected chi connectivity index (χ0v) is 19.2. The second kappa shape index (κ2) is 9.74. The van der Waals surface area contributed by atoms with E-state index in [2.05, 4.69) is 10.0 Å². The summed E-state index contributed by atoms with van der Waals surface area (Å²) in [5.74, 6) is 0.613. The van der Waals surface area contributed by atoms with E-state index in [0.717, 1.165) is 11.1 Å². The maximum absolute atomic E-state index is 13.0. The number of anilines is 2. The van der Waals surface area contributed by atoms with Gasteiger partial charge in [0.15, 0.2) is 6.61 Å². The minimum atomic E-state index is -3.91. The molecular weight excluding hydrogens is 428 g/mol. The van der Waals surface area contributed by atoms with Crippen molar-refractivity contribution in [1.29, 1.82) is 0 Å². The third-order valence-electron chi connectivity index (χ3n) is 4.68. The normalized spacial score (nSPS) is 11.0. The summed E-state index contributed by atoms with van der Waals surface area (Å²) in [6.07, 6.45) is 0. The molecule has 0 unspecified atom stereocenters. The average Bonchev–Trinajstić information content (AvgIpc) is 2.73. The third-order valence-corrected chi connectivity index (χ3v) is 6.19. The Labute approximate surface area is 188 Å². The van der Waals surface area contributed by atoms with Crippen LogP contribution in [-0.2, 0) is 14.8 Å². The second-order valence-corrected chi connectivity index (χ2v) is 9.10. The molecule has 2 N–H and O–H groups in total. The zero-order valence-electron chi connectivity index (χ0n) is 18.4. The predicted molar refractivity (Wildman–Crippen MR) is 125 cm³/mol. The van der Waals surface area contributed by atoms with E-state index in [1.165, 1.54) is 13.2 Å². The fraction of sp³-hybridized carbons (Fsp3) is 0.208. The number of carbonyl (C=O) groups is 1. The fourth-order valence-corrected chi connectivity index (χ4v) is 4.60. The average molecular weight is 455 g/mol. The van der Waals surface area contributed by atoms with Crippen molar-refractivity contribution in [2.75, 3.05) is 23.8 Å². The molecule has 0 fully saturated rings. The molecule has 1 amide bonds. The summed E-state index contributed by atoms with van der Waals surface area (Å²) >= 11 is 0. The van der Waals surface area contributed by atoms with Crippen LogP contribution in [0.15, 0.2) is 65.6 Å². The number of benzene rings is 3. The van der Waals surface area contributed by atoms with Gasteiger partial charge in [-0.15, -0.1) is 0 Å². The van der Waals surface area contributed by atoms with Crippen LogP contribution >= 0.6 is 0 Å². The third kappa shape index (κ3) is 5.79. The largest absolute Gasteiger partial charge is 0.495 e. The first kappa shape index (κ1) is 23.1. The molecule has 0 bridgehead atoms. The van der Waals surface area contributed by atoms with Crippen LogP contribution in [0, 0.1) is 20.8 Å². The van der Waals surface area contributed by atoms with Crippen LogP contribution in [0.2, 0.25) is 0 Å². The number of nitrogens with one attached hydrogen (secondary N) is 2. The van der Waals surface area contributed by atoms with E-state index in [9.17, 15) is 13.2 Å². The summed E-state index contributed by atoms with van der Waals surface area (Å²) in [5.41, 5.74) is 3.29. The summed E-state index contributed by atoms with van der Waals surface area (Å²) < 4.78 is 39.3. The zero-order chi connectivity index (χ0) is 23.3. The molecule has 3 aromatic rings. The monoisotopic (exact) mass is 454 g/mol. The lowest BCUT2D eigenvalue weighted by molar-refractivity contribution is -0.118. The van der Waals surface area contributed by atoms with Crippen molar-refractivity contribution in [3.63, 3.8) is 0 Å². The number of rotatable bonds is 8. The van der Waals surface area contributed by atoms with Crippen LogP contribution in [0.3, 0.4) is 0 Å². The van der Waals surface area contributed by atoms with E-state index in [1.807, 2.05) is 32.0 Å². The van der Waals surface area contributed by atoms with Crippen molar-refractivity contribution in [3.8, 4) is 11.5 Å². The molecule has 0 aliphatic heterocycles. The van der Waals surface area contributed by atoms with E-state index < -0.39 is 15.9 Å². The predicted octanol–water partition coefficient (Wildman–Crippen LogP) is 4.44. The minimum Gasteiger partial charge on any atom is -0.495 e. The maximum atomic E-state index is 13.0. The number of aryl methyl sites for hydroxylation is 3. The van der Waals surface area contributed by atoms with Crippen molar-refractivity contribution in [1.82, 2.24) is 0 Å². The molecule has 168 valence electrons. The standard InChI is InChI=1S/C24H26N2O5S/c1-16-11-17(2)13-20(12-16)31-15-24(27)25-19-10-9-18(3)23(14-19)32(28,29)26-21-7-5-6-8-22(21)30-4/h5-14,26H,15H2,1-4H3,(H,25,27). The molecule has 0 aliphatic rings. The Balaban J connectivity index is 1.74. The number of sulfonamides is 1. The topological polar surface area (TPSA) is 93.7 Å². The molecule has 3 aromatic carbocycles. The van der Waals surface area contributed by atoms with Gasteiger partial charge in [0, 0.05) is 5.69 Å². The lowest BCUT2D eigenvalue weighted by atomic mass is 10.1. The molecule has 0 saturated heterocycles. The van der Waals surface area contributed by atoms with Crippen LogP contribution in [0.1, 0.15) is 16.7 Å². The van der Waals surface area contributed by atoms with E-state index in [1.54, 1.807) is 43.3 Å². The van der Waals surface area contributed by atoms with E-state index >= 15 is 0 Å². The highest BCUT2D eigenvalue weighted by atomic mass is 32.2. The number of hydrogen-bond donors (Lipinski definition) is 2. The molecule has 8 heteroatoms. The van der Waals surface area contributed by atoms with Gasteiger partial charge < -0.3 is 14.8 Å². The molecule has 32 heavy (non-hydrogen) atoms. The molecule has 0 radical (unpaired) electrons. The summed E-state index contributed by atoms with van der Waals surface area (Å²) in [7, 11) is -2.45. The van der Waals surface area contributed by atoms with Crippen molar-refractivity contribution in [2.24, 2.45) is 0 Å². The summed E-state index contributed by atoms with van der Waals surface area (Å²) in [4.78, 5) is 12.4. The molecule has 0 aromatic heterocycles. The summed E-state index contributed by atoms with van der Waals surface area (Å²) in [6.45, 7) is 5.39. The van der Waals surface area contributed by atoms with Crippen LogP contribution in [-0.4, -0.2) is 28.0 Å². The van der Waals surface area contributed by atoms with E-state index in [0.29, 0.717) is 28.4 Å². The Bertz CT molecular complexity index is 1220. The number of hydrogen-bond acceptors (Lipinski definition) is 5. The number of ether oxygens (including phenoxy) is 2. The highest BCUT2D eigenvalue weighted by Gasteiger charge is 2.20. The summed E-state index contributed by atoms with van der Waals surface area (Å²) in [6, 6.07) is 17.1. The number of para-hydroxylation sites is 2. The van der Waals surface area contributed by atoms with Gasteiger partial charge in [0.05, 0.1) is 17.7 Å².